The van der Waals surface area contributed by atoms with Gasteiger partial charge in [-0.3, -0.25) is 9.59 Å². The molecule has 0 bridgehead atoms. The SMILES string of the molecule is CCCN(CC(=O)NC)C(=O)C1CNCC1C. The second kappa shape index (κ2) is 6.59. The Morgan fingerprint density at radius 3 is 2.59 bits per heavy atom. The summed E-state index contributed by atoms with van der Waals surface area (Å²) < 4.78 is 0. The van der Waals surface area contributed by atoms with E-state index in [4.69, 9.17) is 0 Å². The van der Waals surface area contributed by atoms with Crippen molar-refractivity contribution >= 4 is 11.8 Å². The number of amides is 2. The number of hydrogen-bond acceptors (Lipinski definition) is 3. The van der Waals surface area contributed by atoms with Crippen LogP contribution in [0.2, 0.25) is 0 Å². The van der Waals surface area contributed by atoms with Crippen LogP contribution in [0.25, 0.3) is 0 Å². The van der Waals surface area contributed by atoms with Crippen LogP contribution in [-0.4, -0.2) is 49.9 Å². The highest BCUT2D eigenvalue weighted by atomic mass is 16.2. The van der Waals surface area contributed by atoms with Crippen LogP contribution in [-0.2, 0) is 9.59 Å². The zero-order valence-electron chi connectivity index (χ0n) is 11.0. The molecule has 2 N–H and O–H groups in total. The Bertz CT molecular complexity index is 281. The van der Waals surface area contributed by atoms with Gasteiger partial charge in [0.2, 0.25) is 11.8 Å². The molecule has 98 valence electrons. The maximum Gasteiger partial charge on any atom is 0.239 e. The van der Waals surface area contributed by atoms with Crippen LogP contribution >= 0.6 is 0 Å². The monoisotopic (exact) mass is 241 g/mol. The second-order valence-electron chi connectivity index (χ2n) is 4.67. The number of carbonyl (C=O) groups is 2. The molecule has 1 aliphatic heterocycles. The van der Waals surface area contributed by atoms with Crippen LogP contribution < -0.4 is 10.6 Å². The highest BCUT2D eigenvalue weighted by Crippen LogP contribution is 2.18. The van der Waals surface area contributed by atoms with Gasteiger partial charge in [0.25, 0.3) is 0 Å². The number of likely N-dealkylation sites (N-methyl/N-ethyl adjacent to an activating group) is 1. The third-order valence-corrected chi connectivity index (χ3v) is 3.25. The first-order valence-corrected chi connectivity index (χ1v) is 6.30. The van der Waals surface area contributed by atoms with E-state index in [0.717, 1.165) is 19.5 Å². The summed E-state index contributed by atoms with van der Waals surface area (Å²) in [4.78, 5) is 25.4. The molecule has 1 rings (SSSR count). The molecule has 0 spiro atoms. The van der Waals surface area contributed by atoms with Gasteiger partial charge in [-0.1, -0.05) is 13.8 Å². The first-order valence-electron chi connectivity index (χ1n) is 6.30. The van der Waals surface area contributed by atoms with Gasteiger partial charge in [0.15, 0.2) is 0 Å². The van der Waals surface area contributed by atoms with Crippen molar-refractivity contribution in [2.75, 3.05) is 33.2 Å². The second-order valence-corrected chi connectivity index (χ2v) is 4.67. The predicted molar refractivity (Wildman–Crippen MR) is 66.5 cm³/mol. The highest BCUT2D eigenvalue weighted by Gasteiger charge is 2.32. The van der Waals surface area contributed by atoms with Gasteiger partial charge >= 0.3 is 0 Å². The van der Waals surface area contributed by atoms with Crippen LogP contribution in [0, 0.1) is 11.8 Å². The Kier molecular flexibility index (Phi) is 5.41. The van der Waals surface area contributed by atoms with Crippen molar-refractivity contribution < 1.29 is 9.59 Å². The lowest BCUT2D eigenvalue weighted by Gasteiger charge is -2.25. The standard InChI is InChI=1S/C12H23N3O2/c1-4-5-15(8-11(16)13-3)12(17)10-7-14-6-9(10)2/h9-10,14H,4-8H2,1-3H3,(H,13,16). The maximum absolute atomic E-state index is 12.3. The summed E-state index contributed by atoms with van der Waals surface area (Å²) in [5.41, 5.74) is 0. The Morgan fingerprint density at radius 1 is 1.41 bits per heavy atom. The fraction of sp³-hybridized carbons (Fsp3) is 0.833. The topological polar surface area (TPSA) is 61.4 Å². The summed E-state index contributed by atoms with van der Waals surface area (Å²) >= 11 is 0. The van der Waals surface area contributed by atoms with Crippen LogP contribution in [0.15, 0.2) is 0 Å². The molecule has 0 aliphatic carbocycles. The van der Waals surface area contributed by atoms with Crippen molar-refractivity contribution in [1.82, 2.24) is 15.5 Å². The van der Waals surface area contributed by atoms with Crippen molar-refractivity contribution in [3.63, 3.8) is 0 Å². The number of carbonyl (C=O) groups excluding carboxylic acids is 2. The lowest BCUT2D eigenvalue weighted by Crippen LogP contribution is -2.44. The van der Waals surface area contributed by atoms with Crippen molar-refractivity contribution in [2.45, 2.75) is 20.3 Å². The van der Waals surface area contributed by atoms with Crippen LogP contribution in [0.5, 0.6) is 0 Å². The fourth-order valence-electron chi connectivity index (χ4n) is 2.16. The smallest absolute Gasteiger partial charge is 0.239 e. The fourth-order valence-corrected chi connectivity index (χ4v) is 2.16. The molecular formula is C12H23N3O2. The molecule has 17 heavy (non-hydrogen) atoms. The molecule has 2 unspecified atom stereocenters. The van der Waals surface area contributed by atoms with E-state index in [1.165, 1.54) is 0 Å². The summed E-state index contributed by atoms with van der Waals surface area (Å²) in [7, 11) is 1.59. The summed E-state index contributed by atoms with van der Waals surface area (Å²) in [5.74, 6) is 0.371. The zero-order chi connectivity index (χ0) is 12.8. The molecule has 0 aromatic carbocycles. The van der Waals surface area contributed by atoms with E-state index < -0.39 is 0 Å². The van der Waals surface area contributed by atoms with Crippen LogP contribution in [0.4, 0.5) is 0 Å². The molecule has 1 saturated heterocycles. The van der Waals surface area contributed by atoms with E-state index in [2.05, 4.69) is 17.6 Å². The minimum absolute atomic E-state index is 0.0196. The Balaban J connectivity index is 2.62. The molecule has 5 nitrogen and oxygen atoms in total. The molecule has 2 amide bonds. The summed E-state index contributed by atoms with van der Waals surface area (Å²) in [6, 6.07) is 0. The zero-order valence-corrected chi connectivity index (χ0v) is 11.0. The van der Waals surface area contributed by atoms with Gasteiger partial charge in [-0.2, -0.15) is 0 Å². The highest BCUT2D eigenvalue weighted by molar-refractivity contribution is 5.86. The van der Waals surface area contributed by atoms with Gasteiger partial charge in [0, 0.05) is 20.1 Å². The average molecular weight is 241 g/mol. The van der Waals surface area contributed by atoms with Gasteiger partial charge < -0.3 is 15.5 Å². The van der Waals surface area contributed by atoms with Crippen LogP contribution in [0.3, 0.4) is 0 Å². The van der Waals surface area contributed by atoms with Crippen molar-refractivity contribution in [1.29, 1.82) is 0 Å². The van der Waals surface area contributed by atoms with Gasteiger partial charge in [0.1, 0.15) is 0 Å². The molecule has 1 heterocycles. The minimum Gasteiger partial charge on any atom is -0.358 e. The minimum atomic E-state index is -0.106. The van der Waals surface area contributed by atoms with Gasteiger partial charge in [-0.15, -0.1) is 0 Å². The van der Waals surface area contributed by atoms with Gasteiger partial charge in [-0.25, -0.2) is 0 Å². The van der Waals surface area contributed by atoms with E-state index in [-0.39, 0.29) is 24.3 Å². The number of nitrogens with zero attached hydrogens (tertiary/aromatic N) is 1. The third kappa shape index (κ3) is 3.70. The number of rotatable bonds is 5. The Morgan fingerprint density at radius 2 is 2.12 bits per heavy atom. The first-order chi connectivity index (χ1) is 8.10. The molecular weight excluding hydrogens is 218 g/mol. The normalized spacial score (nSPS) is 23.5. The molecule has 0 aromatic rings. The molecule has 2 atom stereocenters. The van der Waals surface area contributed by atoms with Crippen molar-refractivity contribution in [2.24, 2.45) is 11.8 Å². The number of nitrogens with one attached hydrogen (secondary N) is 2. The lowest BCUT2D eigenvalue weighted by atomic mass is 9.96. The van der Waals surface area contributed by atoms with Crippen LogP contribution in [0.1, 0.15) is 20.3 Å². The van der Waals surface area contributed by atoms with E-state index in [0.29, 0.717) is 12.5 Å². The van der Waals surface area contributed by atoms with Crippen molar-refractivity contribution in [3.8, 4) is 0 Å². The van der Waals surface area contributed by atoms with E-state index in [1.807, 2.05) is 6.92 Å². The maximum atomic E-state index is 12.3. The number of hydrogen-bond donors (Lipinski definition) is 2. The molecule has 1 fully saturated rings. The van der Waals surface area contributed by atoms with E-state index >= 15 is 0 Å². The van der Waals surface area contributed by atoms with E-state index in [1.54, 1.807) is 11.9 Å². The predicted octanol–water partition coefficient (Wildman–Crippen LogP) is -0.173. The van der Waals surface area contributed by atoms with E-state index in [9.17, 15) is 9.59 Å². The molecule has 5 heteroatoms. The largest absolute Gasteiger partial charge is 0.358 e. The molecule has 0 radical (unpaired) electrons. The summed E-state index contributed by atoms with van der Waals surface area (Å²) in [6.07, 6.45) is 0.872. The van der Waals surface area contributed by atoms with Gasteiger partial charge in [0.05, 0.1) is 12.5 Å². The summed E-state index contributed by atoms with van der Waals surface area (Å²) in [5, 5.41) is 5.78. The first kappa shape index (κ1) is 14.0. The quantitative estimate of drug-likeness (QED) is 0.702. The van der Waals surface area contributed by atoms with Crippen molar-refractivity contribution in [3.05, 3.63) is 0 Å². The molecule has 0 saturated carbocycles. The average Bonchev–Trinajstić information content (AvgIpc) is 2.73. The molecule has 1 aliphatic rings. The summed E-state index contributed by atoms with van der Waals surface area (Å²) in [6.45, 7) is 6.53. The van der Waals surface area contributed by atoms with Gasteiger partial charge in [-0.05, 0) is 18.9 Å². The lowest BCUT2D eigenvalue weighted by molar-refractivity contribution is -0.139. The Labute approximate surface area is 103 Å². The Hall–Kier alpha value is -1.10. The third-order valence-electron chi connectivity index (χ3n) is 3.25. The molecule has 0 aromatic heterocycles.